The number of carbonyl (C=O) groups is 2. The van der Waals surface area contributed by atoms with Gasteiger partial charge in [-0.05, 0) is 125 Å². The lowest BCUT2D eigenvalue weighted by Gasteiger charge is -2.26. The molecule has 0 unspecified atom stereocenters. The molecule has 0 spiro atoms. The molecule has 2 aliphatic rings. The van der Waals surface area contributed by atoms with E-state index in [4.69, 9.17) is 32.7 Å². The molecule has 404 valence electrons. The van der Waals surface area contributed by atoms with Crippen LogP contribution in [0, 0.1) is 0 Å². The summed E-state index contributed by atoms with van der Waals surface area (Å²) in [6, 6.07) is 29.2. The van der Waals surface area contributed by atoms with E-state index in [-0.39, 0.29) is 11.8 Å². The van der Waals surface area contributed by atoms with E-state index >= 15 is 0 Å². The number of aromatic nitrogens is 4. The third-order valence-electron chi connectivity index (χ3n) is 13.0. The number of benzene rings is 4. The molecule has 0 atom stereocenters. The van der Waals surface area contributed by atoms with Crippen molar-refractivity contribution in [3.05, 3.63) is 147 Å². The molecule has 4 heterocycles. The second-order valence-corrected chi connectivity index (χ2v) is 19.9. The van der Waals surface area contributed by atoms with Gasteiger partial charge in [0, 0.05) is 90.1 Å². The Morgan fingerprint density at radius 3 is 1.67 bits per heavy atom. The summed E-state index contributed by atoms with van der Waals surface area (Å²) in [4.78, 5) is 52.8. The first-order valence-electron chi connectivity index (χ1n) is 25.7. The first-order chi connectivity index (χ1) is 36.8. The molecule has 0 aliphatic carbocycles. The van der Waals surface area contributed by atoms with Crippen LogP contribution in [0.25, 0.3) is 0 Å². The van der Waals surface area contributed by atoms with Crippen molar-refractivity contribution in [3.8, 4) is 0 Å². The Bertz CT molecular complexity index is 2830. The maximum atomic E-state index is 13.2. The van der Waals surface area contributed by atoms with Gasteiger partial charge in [-0.25, -0.2) is 15.0 Å². The standard InChI is InChI=1S/2C28H36ClN7O2/c1-35(2)15-12-30-27(37)23-6-4-5-7-25(23)33-26-24(29)19-31-28(34-26)32-22-9-8-20-10-13-36(16-17-38-3)14-11-21(20)18-22;1-34(2)15-16-36(27(37)22-7-5-4-6-8-22)33-26-25(29)20-30-28(32-26)31-24-10-9-21-11-13-35(17-18-38-3)14-12-23(21)19-24/h4-9,18-19H,10-17H2,1-3H3,(H,30,37)(H2,31,32,33,34);4-10,19-20H,11-18H2,1-3H3,(H2,30,31,32,33). The summed E-state index contributed by atoms with van der Waals surface area (Å²) >= 11 is 12.9. The molecule has 6 aromatic rings. The molecule has 8 rings (SSSR count). The topological polar surface area (TPSA) is 181 Å². The van der Waals surface area contributed by atoms with Crippen LogP contribution in [0.1, 0.15) is 43.0 Å². The molecular weight excluding hydrogens is 1000 g/mol. The van der Waals surface area contributed by atoms with Crippen LogP contribution in [-0.4, -0.2) is 177 Å². The van der Waals surface area contributed by atoms with Gasteiger partial charge in [0.05, 0.1) is 43.4 Å². The summed E-state index contributed by atoms with van der Waals surface area (Å²) in [5, 5.41) is 15.0. The molecule has 76 heavy (non-hydrogen) atoms. The summed E-state index contributed by atoms with van der Waals surface area (Å²) in [6.45, 7) is 9.88. The first kappa shape index (κ1) is 57.2. The Morgan fingerprint density at radius 1 is 0.605 bits per heavy atom. The third-order valence-corrected chi connectivity index (χ3v) is 13.5. The quantitative estimate of drug-likeness (QED) is 0.0414. The Morgan fingerprint density at radius 2 is 1.12 bits per heavy atom. The fourth-order valence-electron chi connectivity index (χ4n) is 8.64. The van der Waals surface area contributed by atoms with Gasteiger partial charge in [0.15, 0.2) is 11.6 Å². The minimum atomic E-state index is -0.165. The minimum Gasteiger partial charge on any atom is -0.383 e. The highest BCUT2D eigenvalue weighted by molar-refractivity contribution is 6.33. The number of halogens is 2. The molecule has 0 bridgehead atoms. The van der Waals surface area contributed by atoms with E-state index in [1.165, 1.54) is 33.5 Å². The van der Waals surface area contributed by atoms with Crippen molar-refractivity contribution in [2.45, 2.75) is 25.7 Å². The molecule has 2 amide bonds. The molecule has 4 aromatic carbocycles. The third kappa shape index (κ3) is 17.3. The molecule has 20 heteroatoms. The van der Waals surface area contributed by atoms with Crippen molar-refractivity contribution in [2.24, 2.45) is 0 Å². The summed E-state index contributed by atoms with van der Waals surface area (Å²) < 4.78 is 10.5. The van der Waals surface area contributed by atoms with Gasteiger partial charge in [-0.2, -0.15) is 9.97 Å². The smallest absolute Gasteiger partial charge is 0.272 e. The maximum absolute atomic E-state index is 13.2. The number of hydrogen-bond acceptors (Lipinski definition) is 16. The predicted molar refractivity (Wildman–Crippen MR) is 305 cm³/mol. The van der Waals surface area contributed by atoms with Crippen molar-refractivity contribution in [1.29, 1.82) is 0 Å². The molecule has 5 N–H and O–H groups in total. The van der Waals surface area contributed by atoms with Crippen LogP contribution in [0.3, 0.4) is 0 Å². The van der Waals surface area contributed by atoms with Crippen LogP contribution < -0.4 is 26.7 Å². The number of amides is 2. The Labute approximate surface area is 457 Å². The number of nitrogens with one attached hydrogen (secondary N) is 5. The summed E-state index contributed by atoms with van der Waals surface area (Å²) in [5.41, 5.74) is 12.1. The minimum absolute atomic E-state index is 0.163. The predicted octanol–water partition coefficient (Wildman–Crippen LogP) is 7.91. The zero-order valence-electron chi connectivity index (χ0n) is 44.5. The molecule has 0 saturated heterocycles. The SMILES string of the molecule is COCCN1CCc2ccc(Nc3ncc(Cl)c(NN(CCN(C)C)C(=O)c4ccccc4)n3)cc2CC1.COCCN1CCc2ccc(Nc3ncc(Cl)c(Nc4ccccc4C(=O)NCCN(C)C)n3)cc2CC1. The molecule has 0 radical (unpaired) electrons. The van der Waals surface area contributed by atoms with Gasteiger partial charge in [-0.3, -0.25) is 15.0 Å². The van der Waals surface area contributed by atoms with Crippen LogP contribution in [0.2, 0.25) is 10.0 Å². The average Bonchev–Trinajstić information content (AvgIpc) is 3.76. The Balaban J connectivity index is 0.000000221. The summed E-state index contributed by atoms with van der Waals surface area (Å²) in [6.07, 6.45) is 7.08. The number of fused-ring (bicyclic) bond motifs is 2. The van der Waals surface area contributed by atoms with Crippen molar-refractivity contribution in [2.75, 3.05) is 142 Å². The Hall–Kier alpha value is -6.48. The molecule has 18 nitrogen and oxygen atoms in total. The highest BCUT2D eigenvalue weighted by Gasteiger charge is 2.21. The molecule has 0 fully saturated rings. The van der Waals surface area contributed by atoms with Gasteiger partial charge in [0.2, 0.25) is 11.9 Å². The first-order valence-corrected chi connectivity index (χ1v) is 26.4. The number of hydrazine groups is 1. The maximum Gasteiger partial charge on any atom is 0.272 e. The second-order valence-electron chi connectivity index (χ2n) is 19.1. The van der Waals surface area contributed by atoms with Crippen molar-refractivity contribution in [1.82, 2.24) is 49.9 Å². The van der Waals surface area contributed by atoms with Gasteiger partial charge in [0.1, 0.15) is 10.0 Å². The van der Waals surface area contributed by atoms with E-state index in [1.807, 2.05) is 74.4 Å². The highest BCUT2D eigenvalue weighted by Crippen LogP contribution is 2.29. The van der Waals surface area contributed by atoms with Crippen LogP contribution in [0.4, 0.5) is 40.6 Å². The van der Waals surface area contributed by atoms with Crippen molar-refractivity contribution in [3.63, 3.8) is 0 Å². The largest absolute Gasteiger partial charge is 0.383 e. The summed E-state index contributed by atoms with van der Waals surface area (Å²) in [5.74, 6) is 1.26. The zero-order valence-corrected chi connectivity index (χ0v) is 46.1. The molecule has 2 aromatic heterocycles. The van der Waals surface area contributed by atoms with E-state index in [9.17, 15) is 9.59 Å². The van der Waals surface area contributed by atoms with Crippen LogP contribution in [0.15, 0.2) is 103 Å². The monoisotopic (exact) mass is 1070 g/mol. The highest BCUT2D eigenvalue weighted by atomic mass is 35.5. The van der Waals surface area contributed by atoms with Crippen LogP contribution >= 0.6 is 23.2 Å². The average molecular weight is 1080 g/mol. The lowest BCUT2D eigenvalue weighted by molar-refractivity contribution is 0.0783. The van der Waals surface area contributed by atoms with Gasteiger partial charge in [-0.1, -0.05) is 65.7 Å². The second kappa shape index (κ2) is 29.1. The summed E-state index contributed by atoms with van der Waals surface area (Å²) in [7, 11) is 11.3. The van der Waals surface area contributed by atoms with Gasteiger partial charge >= 0.3 is 0 Å². The van der Waals surface area contributed by atoms with Gasteiger partial charge in [0.25, 0.3) is 11.8 Å². The van der Waals surface area contributed by atoms with Gasteiger partial charge in [-0.15, -0.1) is 0 Å². The van der Waals surface area contributed by atoms with E-state index in [2.05, 4.69) is 92.8 Å². The normalized spacial score (nSPS) is 13.6. The van der Waals surface area contributed by atoms with Crippen molar-refractivity contribution < 1.29 is 19.1 Å². The number of hydrogen-bond donors (Lipinski definition) is 5. The number of carbonyl (C=O) groups excluding carboxylic acids is 2. The van der Waals surface area contributed by atoms with Crippen LogP contribution in [-0.2, 0) is 35.2 Å². The lowest BCUT2D eigenvalue weighted by Crippen LogP contribution is -2.41. The number of rotatable bonds is 22. The van der Waals surface area contributed by atoms with Crippen LogP contribution in [0.5, 0.6) is 0 Å². The Kier molecular flexibility index (Phi) is 22.0. The van der Waals surface area contributed by atoms with Crippen molar-refractivity contribution >= 4 is 75.6 Å². The lowest BCUT2D eigenvalue weighted by atomic mass is 10.0. The molecule has 2 aliphatic heterocycles. The van der Waals surface area contributed by atoms with E-state index in [0.29, 0.717) is 70.0 Å². The zero-order chi connectivity index (χ0) is 53.8. The number of nitrogens with zero attached hydrogens (tertiary/aromatic N) is 9. The van der Waals surface area contributed by atoms with E-state index < -0.39 is 0 Å². The number of ether oxygens (including phenoxy) is 2. The molecule has 0 saturated carbocycles. The fraction of sp³-hybridized carbons (Fsp3) is 0.393. The number of anilines is 7. The van der Waals surface area contributed by atoms with E-state index in [1.54, 1.807) is 38.6 Å². The van der Waals surface area contributed by atoms with E-state index in [0.717, 1.165) is 96.1 Å². The number of likely N-dealkylation sites (N-methyl/N-ethyl adjacent to an activating group) is 2. The fourth-order valence-corrected chi connectivity index (χ4v) is 8.92. The number of para-hydroxylation sites is 1. The number of methoxy groups -OCH3 is 2. The van der Waals surface area contributed by atoms with Gasteiger partial charge < -0.3 is 50.3 Å². The molecular formula is C56H72Cl2N14O4.